The molecule has 28 heavy (non-hydrogen) atoms. The van der Waals surface area contributed by atoms with Crippen molar-refractivity contribution >= 4 is 9.84 Å². The molecule has 1 aliphatic carbocycles. The number of benzene rings is 2. The molecule has 3 atom stereocenters. The predicted octanol–water partition coefficient (Wildman–Crippen LogP) is 2.91. The summed E-state index contributed by atoms with van der Waals surface area (Å²) in [5.41, 5.74) is 1.68. The molecule has 150 valence electrons. The zero-order valence-electron chi connectivity index (χ0n) is 15.9. The first-order valence-electron chi connectivity index (χ1n) is 9.78. The minimum atomic E-state index is -3.48. The Morgan fingerprint density at radius 3 is 2.50 bits per heavy atom. The zero-order valence-corrected chi connectivity index (χ0v) is 16.8. The van der Waals surface area contributed by atoms with Gasteiger partial charge in [0.25, 0.3) is 0 Å². The van der Waals surface area contributed by atoms with Gasteiger partial charge in [0.2, 0.25) is 0 Å². The van der Waals surface area contributed by atoms with Gasteiger partial charge < -0.3 is 10.4 Å². The maximum Gasteiger partial charge on any atom is 0.163 e. The van der Waals surface area contributed by atoms with Crippen LogP contribution in [0.4, 0.5) is 4.39 Å². The monoisotopic (exact) mass is 403 g/mol. The summed E-state index contributed by atoms with van der Waals surface area (Å²) in [5.74, 6) is -0.388. The van der Waals surface area contributed by atoms with Crippen LogP contribution in [0.2, 0.25) is 0 Å². The molecule has 1 heterocycles. The minimum Gasteiger partial charge on any atom is -0.395 e. The SMILES string of the molecule is C[C@@H]1NC[C@@H](c2ccccc2)S(=O)(=O)C1Cc1ccc(C2(CO)CC2)cc1F. The highest BCUT2D eigenvalue weighted by molar-refractivity contribution is 7.92. The van der Waals surface area contributed by atoms with E-state index in [1.807, 2.05) is 43.3 Å². The maximum atomic E-state index is 14.8. The van der Waals surface area contributed by atoms with Crippen LogP contribution in [-0.4, -0.2) is 38.0 Å². The van der Waals surface area contributed by atoms with Crippen molar-refractivity contribution in [3.05, 3.63) is 71.0 Å². The summed E-state index contributed by atoms with van der Waals surface area (Å²) in [6.07, 6.45) is 1.86. The van der Waals surface area contributed by atoms with Crippen LogP contribution in [0.15, 0.2) is 48.5 Å². The Bertz CT molecular complexity index is 957. The second-order valence-corrected chi connectivity index (χ2v) is 10.5. The Morgan fingerprint density at radius 2 is 1.89 bits per heavy atom. The molecule has 0 bridgehead atoms. The van der Waals surface area contributed by atoms with Crippen molar-refractivity contribution in [1.82, 2.24) is 5.32 Å². The number of sulfone groups is 1. The number of hydrogen-bond donors (Lipinski definition) is 2. The Kier molecular flexibility index (Phi) is 5.06. The van der Waals surface area contributed by atoms with E-state index >= 15 is 0 Å². The molecule has 2 N–H and O–H groups in total. The number of halogens is 1. The standard InChI is InChI=1S/C22H26FNO3S/c1-15-20(28(26,27)21(13-24-15)16-5-3-2-4-6-16)11-17-7-8-18(12-19(17)23)22(14-25)9-10-22/h2-8,12,15,20-21,24-25H,9-11,13-14H2,1H3/t15-,20?,21-/m0/s1. The lowest BCUT2D eigenvalue weighted by Crippen LogP contribution is -2.53. The first-order chi connectivity index (χ1) is 13.4. The van der Waals surface area contributed by atoms with Gasteiger partial charge in [0.15, 0.2) is 9.84 Å². The van der Waals surface area contributed by atoms with E-state index in [2.05, 4.69) is 5.32 Å². The van der Waals surface area contributed by atoms with Crippen molar-refractivity contribution in [2.45, 2.75) is 48.1 Å². The van der Waals surface area contributed by atoms with Crippen LogP contribution in [0.3, 0.4) is 0 Å². The molecule has 4 rings (SSSR count). The second kappa shape index (κ2) is 7.25. The molecule has 0 amide bonds. The van der Waals surface area contributed by atoms with Gasteiger partial charge in [-0.3, -0.25) is 0 Å². The summed E-state index contributed by atoms with van der Waals surface area (Å²) in [6, 6.07) is 13.9. The van der Waals surface area contributed by atoms with Gasteiger partial charge in [0, 0.05) is 18.0 Å². The van der Waals surface area contributed by atoms with E-state index in [4.69, 9.17) is 0 Å². The van der Waals surface area contributed by atoms with Crippen LogP contribution in [0.25, 0.3) is 0 Å². The van der Waals surface area contributed by atoms with E-state index in [0.717, 1.165) is 24.0 Å². The largest absolute Gasteiger partial charge is 0.395 e. The summed E-state index contributed by atoms with van der Waals surface area (Å²) < 4.78 is 41.5. The molecule has 1 saturated carbocycles. The van der Waals surface area contributed by atoms with Crippen LogP contribution in [-0.2, 0) is 21.7 Å². The van der Waals surface area contributed by atoms with Gasteiger partial charge in [0.1, 0.15) is 5.82 Å². The molecule has 0 spiro atoms. The van der Waals surface area contributed by atoms with E-state index in [9.17, 15) is 17.9 Å². The molecule has 2 aromatic rings. The van der Waals surface area contributed by atoms with Gasteiger partial charge in [0.05, 0.1) is 17.1 Å². The normalized spacial score (nSPS) is 28.0. The maximum absolute atomic E-state index is 14.8. The van der Waals surface area contributed by atoms with Gasteiger partial charge >= 0.3 is 0 Å². The van der Waals surface area contributed by atoms with Crippen molar-refractivity contribution in [2.24, 2.45) is 0 Å². The van der Waals surface area contributed by atoms with Crippen LogP contribution < -0.4 is 5.32 Å². The number of aliphatic hydroxyl groups excluding tert-OH is 1. The molecule has 0 aromatic heterocycles. The number of rotatable bonds is 5. The lowest BCUT2D eigenvalue weighted by atomic mass is 9.94. The fourth-order valence-electron chi connectivity index (χ4n) is 4.25. The summed E-state index contributed by atoms with van der Waals surface area (Å²) in [7, 11) is -3.48. The number of hydrogen-bond acceptors (Lipinski definition) is 4. The third-order valence-electron chi connectivity index (χ3n) is 6.42. The molecule has 6 heteroatoms. The first kappa shape index (κ1) is 19.6. The Balaban J connectivity index is 1.61. The highest BCUT2D eigenvalue weighted by Crippen LogP contribution is 2.48. The third-order valence-corrected chi connectivity index (χ3v) is 9.07. The lowest BCUT2D eigenvalue weighted by molar-refractivity contribution is 0.255. The van der Waals surface area contributed by atoms with Crippen molar-refractivity contribution < 1.29 is 17.9 Å². The van der Waals surface area contributed by atoms with Crippen molar-refractivity contribution in [3.8, 4) is 0 Å². The first-order valence-corrected chi connectivity index (χ1v) is 11.4. The Labute approximate surface area is 165 Å². The van der Waals surface area contributed by atoms with Gasteiger partial charge in [-0.1, -0.05) is 42.5 Å². The number of aliphatic hydroxyl groups is 1. The molecule has 2 aliphatic rings. The van der Waals surface area contributed by atoms with E-state index in [0.29, 0.717) is 12.1 Å². The van der Waals surface area contributed by atoms with E-state index in [1.54, 1.807) is 6.07 Å². The Morgan fingerprint density at radius 1 is 1.18 bits per heavy atom. The molecule has 2 aromatic carbocycles. The van der Waals surface area contributed by atoms with Crippen LogP contribution in [0.5, 0.6) is 0 Å². The average Bonchev–Trinajstić information content (AvgIpc) is 3.48. The molecule has 0 radical (unpaired) electrons. The van der Waals surface area contributed by atoms with Crippen LogP contribution >= 0.6 is 0 Å². The molecule has 1 unspecified atom stereocenters. The quantitative estimate of drug-likeness (QED) is 0.806. The minimum absolute atomic E-state index is 0.0164. The van der Waals surface area contributed by atoms with Gasteiger partial charge in [-0.05, 0) is 48.9 Å². The van der Waals surface area contributed by atoms with Gasteiger partial charge in [-0.2, -0.15) is 0 Å². The fraction of sp³-hybridized carbons (Fsp3) is 0.455. The summed E-state index contributed by atoms with van der Waals surface area (Å²) >= 11 is 0. The smallest absolute Gasteiger partial charge is 0.163 e. The zero-order chi connectivity index (χ0) is 19.9. The summed E-state index contributed by atoms with van der Waals surface area (Å²) in [4.78, 5) is 0. The van der Waals surface area contributed by atoms with Crippen molar-refractivity contribution in [2.75, 3.05) is 13.2 Å². The fourth-order valence-corrected chi connectivity index (χ4v) is 6.62. The van der Waals surface area contributed by atoms with Crippen LogP contribution in [0, 0.1) is 5.82 Å². The average molecular weight is 404 g/mol. The molecular formula is C22H26FNO3S. The second-order valence-electron chi connectivity index (χ2n) is 8.17. The van der Waals surface area contributed by atoms with Gasteiger partial charge in [-0.25, -0.2) is 12.8 Å². The van der Waals surface area contributed by atoms with Gasteiger partial charge in [-0.15, -0.1) is 0 Å². The lowest BCUT2D eigenvalue weighted by Gasteiger charge is -2.35. The van der Waals surface area contributed by atoms with E-state index in [1.165, 1.54) is 6.07 Å². The van der Waals surface area contributed by atoms with Crippen LogP contribution in [0.1, 0.15) is 41.7 Å². The highest BCUT2D eigenvalue weighted by Gasteiger charge is 2.45. The predicted molar refractivity (Wildman–Crippen MR) is 107 cm³/mol. The van der Waals surface area contributed by atoms with Crippen molar-refractivity contribution in [1.29, 1.82) is 0 Å². The topological polar surface area (TPSA) is 66.4 Å². The van der Waals surface area contributed by atoms with E-state index in [-0.39, 0.29) is 30.3 Å². The highest BCUT2D eigenvalue weighted by atomic mass is 32.2. The third kappa shape index (κ3) is 3.38. The number of nitrogens with one attached hydrogen (secondary N) is 1. The summed E-state index contributed by atoms with van der Waals surface area (Å²) in [6.45, 7) is 2.23. The molecule has 1 saturated heterocycles. The molecular weight excluding hydrogens is 377 g/mol. The van der Waals surface area contributed by atoms with E-state index < -0.39 is 20.3 Å². The Hall–Kier alpha value is -1.76. The summed E-state index contributed by atoms with van der Waals surface area (Å²) in [5, 5.41) is 11.5. The molecule has 4 nitrogen and oxygen atoms in total. The van der Waals surface area contributed by atoms with Crippen molar-refractivity contribution in [3.63, 3.8) is 0 Å². The molecule has 2 fully saturated rings. The molecule has 1 aliphatic heterocycles.